The van der Waals surface area contributed by atoms with Crippen molar-refractivity contribution < 1.29 is 4.74 Å². The van der Waals surface area contributed by atoms with Crippen LogP contribution in [-0.4, -0.2) is 11.6 Å². The van der Waals surface area contributed by atoms with Crippen LogP contribution in [0.2, 0.25) is 5.02 Å². The molecule has 2 nitrogen and oxygen atoms in total. The Labute approximate surface area is 95.1 Å². The van der Waals surface area contributed by atoms with Crippen LogP contribution in [0.25, 0.3) is 0 Å². The minimum atomic E-state index is 0.200. The number of rotatable bonds is 3. The molecule has 2 N–H and O–H groups in total. The third kappa shape index (κ3) is 3.50. The summed E-state index contributed by atoms with van der Waals surface area (Å²) in [5.41, 5.74) is 5.28. The van der Waals surface area contributed by atoms with Gasteiger partial charge in [0, 0.05) is 4.47 Å². The maximum Gasteiger partial charge on any atom is 0.139 e. The van der Waals surface area contributed by atoms with E-state index in [1.54, 1.807) is 12.1 Å². The molecular formula is C8H7BrClNOS. The topological polar surface area (TPSA) is 35.2 Å². The molecule has 0 amide bonds. The van der Waals surface area contributed by atoms with E-state index in [0.29, 0.717) is 15.8 Å². The highest BCUT2D eigenvalue weighted by Gasteiger charge is 2.02. The van der Waals surface area contributed by atoms with Gasteiger partial charge < -0.3 is 10.5 Å². The Morgan fingerprint density at radius 2 is 2.31 bits per heavy atom. The first-order valence-corrected chi connectivity index (χ1v) is 5.03. The summed E-state index contributed by atoms with van der Waals surface area (Å²) >= 11 is 13.8. The second-order valence-corrected chi connectivity index (χ2v) is 4.18. The molecule has 1 aromatic rings. The maximum absolute atomic E-state index is 5.85. The van der Waals surface area contributed by atoms with Crippen molar-refractivity contribution in [1.29, 1.82) is 0 Å². The van der Waals surface area contributed by atoms with Crippen molar-refractivity contribution in [2.75, 3.05) is 6.61 Å². The molecule has 1 aromatic carbocycles. The summed E-state index contributed by atoms with van der Waals surface area (Å²) in [4.78, 5) is 0.302. The zero-order chi connectivity index (χ0) is 9.84. The summed E-state index contributed by atoms with van der Waals surface area (Å²) in [5.74, 6) is 0.573. The average Bonchev–Trinajstić information content (AvgIpc) is 2.06. The molecule has 0 bridgehead atoms. The number of hydrogen-bond donors (Lipinski definition) is 1. The normalized spacial score (nSPS) is 9.69. The van der Waals surface area contributed by atoms with Gasteiger partial charge in [-0.05, 0) is 18.2 Å². The monoisotopic (exact) mass is 279 g/mol. The molecule has 0 heterocycles. The number of nitrogens with two attached hydrogens (primary N) is 1. The highest BCUT2D eigenvalue weighted by atomic mass is 79.9. The molecule has 0 saturated heterocycles. The SMILES string of the molecule is NC(=S)COc1cc(Br)ccc1Cl. The van der Waals surface area contributed by atoms with Gasteiger partial charge in [0.1, 0.15) is 17.3 Å². The van der Waals surface area contributed by atoms with Crippen molar-refractivity contribution in [1.82, 2.24) is 0 Å². The smallest absolute Gasteiger partial charge is 0.139 e. The molecule has 70 valence electrons. The average molecular weight is 281 g/mol. The number of hydrogen-bond acceptors (Lipinski definition) is 2. The van der Waals surface area contributed by atoms with E-state index in [4.69, 9.17) is 22.1 Å². The summed E-state index contributed by atoms with van der Waals surface area (Å²) in [6, 6.07) is 5.33. The minimum Gasteiger partial charge on any atom is -0.485 e. The second kappa shape index (κ2) is 4.79. The van der Waals surface area contributed by atoms with Gasteiger partial charge >= 0.3 is 0 Å². The summed E-state index contributed by atoms with van der Waals surface area (Å²) in [6.45, 7) is 0.200. The molecule has 1 rings (SSSR count). The molecule has 0 fully saturated rings. The standard InChI is InChI=1S/C8H7BrClNOS/c9-5-1-2-6(10)7(3-5)12-4-8(11)13/h1-3H,4H2,(H2,11,13). The van der Waals surface area contributed by atoms with E-state index in [9.17, 15) is 0 Å². The summed E-state index contributed by atoms with van der Waals surface area (Å²) in [5, 5.41) is 0.541. The molecule has 0 spiro atoms. The maximum atomic E-state index is 5.85. The molecule has 0 saturated carbocycles. The third-order valence-corrected chi connectivity index (χ3v) is 2.19. The van der Waals surface area contributed by atoms with Crippen LogP contribution in [0.3, 0.4) is 0 Å². The molecule has 0 radical (unpaired) electrons. The van der Waals surface area contributed by atoms with Gasteiger partial charge in [0.2, 0.25) is 0 Å². The van der Waals surface area contributed by atoms with E-state index < -0.39 is 0 Å². The van der Waals surface area contributed by atoms with Gasteiger partial charge in [-0.3, -0.25) is 0 Å². The van der Waals surface area contributed by atoms with E-state index in [1.165, 1.54) is 0 Å². The van der Waals surface area contributed by atoms with Gasteiger partial charge in [-0.1, -0.05) is 39.7 Å². The van der Waals surface area contributed by atoms with E-state index in [2.05, 4.69) is 28.1 Å². The molecule has 0 aliphatic rings. The third-order valence-electron chi connectivity index (χ3n) is 1.26. The van der Waals surface area contributed by atoms with E-state index in [-0.39, 0.29) is 6.61 Å². The Morgan fingerprint density at radius 1 is 1.62 bits per heavy atom. The van der Waals surface area contributed by atoms with Crippen molar-refractivity contribution >= 4 is 44.7 Å². The lowest BCUT2D eigenvalue weighted by atomic mass is 10.3. The van der Waals surface area contributed by atoms with Crippen molar-refractivity contribution in [2.24, 2.45) is 5.73 Å². The number of benzene rings is 1. The van der Waals surface area contributed by atoms with Gasteiger partial charge in [0.25, 0.3) is 0 Å². The van der Waals surface area contributed by atoms with Crippen molar-refractivity contribution in [3.63, 3.8) is 0 Å². The fourth-order valence-corrected chi connectivity index (χ4v) is 1.31. The molecular weight excluding hydrogens is 274 g/mol. The molecule has 0 aliphatic carbocycles. The number of halogens is 2. The summed E-state index contributed by atoms with van der Waals surface area (Å²) in [6.07, 6.45) is 0. The molecule has 0 aromatic heterocycles. The Bertz CT molecular complexity index is 332. The predicted octanol–water partition coefficient (Wildman–Crippen LogP) is 2.77. The first-order chi connectivity index (χ1) is 6.09. The van der Waals surface area contributed by atoms with Crippen LogP contribution in [0.1, 0.15) is 0 Å². The van der Waals surface area contributed by atoms with Crippen molar-refractivity contribution in [3.05, 3.63) is 27.7 Å². The quantitative estimate of drug-likeness (QED) is 0.865. The van der Waals surface area contributed by atoms with Crippen LogP contribution in [0.15, 0.2) is 22.7 Å². The Balaban J connectivity index is 2.75. The lowest BCUT2D eigenvalue weighted by molar-refractivity contribution is 0.377. The van der Waals surface area contributed by atoms with Crippen molar-refractivity contribution in [3.8, 4) is 5.75 Å². The number of ether oxygens (including phenoxy) is 1. The van der Waals surface area contributed by atoms with Crippen LogP contribution < -0.4 is 10.5 Å². The van der Waals surface area contributed by atoms with Gasteiger partial charge in [-0.15, -0.1) is 0 Å². The summed E-state index contributed by atoms with van der Waals surface area (Å²) in [7, 11) is 0. The molecule has 0 aliphatic heterocycles. The van der Waals surface area contributed by atoms with Gasteiger partial charge in [-0.2, -0.15) is 0 Å². The molecule has 0 unspecified atom stereocenters. The minimum absolute atomic E-state index is 0.200. The van der Waals surface area contributed by atoms with Crippen LogP contribution >= 0.6 is 39.7 Å². The predicted molar refractivity (Wildman–Crippen MR) is 61.4 cm³/mol. The fourth-order valence-electron chi connectivity index (χ4n) is 0.737. The lowest BCUT2D eigenvalue weighted by Crippen LogP contribution is -2.17. The zero-order valence-corrected chi connectivity index (χ0v) is 9.75. The van der Waals surface area contributed by atoms with E-state index in [0.717, 1.165) is 4.47 Å². The number of thiocarbonyl (C=S) groups is 1. The van der Waals surface area contributed by atoms with Gasteiger partial charge in [0.15, 0.2) is 0 Å². The fraction of sp³-hybridized carbons (Fsp3) is 0.125. The Morgan fingerprint density at radius 3 is 2.92 bits per heavy atom. The highest BCUT2D eigenvalue weighted by Crippen LogP contribution is 2.27. The Kier molecular flexibility index (Phi) is 3.96. The van der Waals surface area contributed by atoms with Crippen LogP contribution in [0, 0.1) is 0 Å². The van der Waals surface area contributed by atoms with E-state index >= 15 is 0 Å². The Hall–Kier alpha value is -0.320. The molecule has 0 atom stereocenters. The van der Waals surface area contributed by atoms with Gasteiger partial charge in [0.05, 0.1) is 5.02 Å². The first-order valence-electron chi connectivity index (χ1n) is 3.46. The van der Waals surface area contributed by atoms with Crippen LogP contribution in [0.5, 0.6) is 5.75 Å². The van der Waals surface area contributed by atoms with E-state index in [1.807, 2.05) is 6.07 Å². The first kappa shape index (κ1) is 10.8. The van der Waals surface area contributed by atoms with Crippen LogP contribution in [0.4, 0.5) is 0 Å². The second-order valence-electron chi connectivity index (χ2n) is 2.33. The molecule has 13 heavy (non-hydrogen) atoms. The highest BCUT2D eigenvalue weighted by molar-refractivity contribution is 9.10. The largest absolute Gasteiger partial charge is 0.485 e. The van der Waals surface area contributed by atoms with Crippen molar-refractivity contribution in [2.45, 2.75) is 0 Å². The zero-order valence-electron chi connectivity index (χ0n) is 6.59. The van der Waals surface area contributed by atoms with Crippen LogP contribution in [-0.2, 0) is 0 Å². The van der Waals surface area contributed by atoms with Gasteiger partial charge in [-0.25, -0.2) is 0 Å². The molecule has 5 heteroatoms. The summed E-state index contributed by atoms with van der Waals surface area (Å²) < 4.78 is 6.15. The lowest BCUT2D eigenvalue weighted by Gasteiger charge is -2.06.